The van der Waals surface area contributed by atoms with Crippen molar-refractivity contribution in [1.82, 2.24) is 4.90 Å². The van der Waals surface area contributed by atoms with Crippen LogP contribution in [0.2, 0.25) is 0 Å². The summed E-state index contributed by atoms with van der Waals surface area (Å²) >= 11 is 1.97. The van der Waals surface area contributed by atoms with Crippen molar-refractivity contribution in [2.75, 3.05) is 32.0 Å². The maximum absolute atomic E-state index is 9.97. The number of unbranched alkanes of at least 4 members (excludes halogenated alkanes) is 2. The molecule has 4 heteroatoms. The van der Waals surface area contributed by atoms with Gasteiger partial charge in [-0.15, -0.1) is 11.8 Å². The molecule has 0 amide bonds. The largest absolute Gasteiger partial charge is 0.508 e. The molecule has 178 valence electrons. The second kappa shape index (κ2) is 11.3. The van der Waals surface area contributed by atoms with E-state index in [1.165, 1.54) is 73.5 Å². The van der Waals surface area contributed by atoms with Crippen molar-refractivity contribution in [3.8, 4) is 11.5 Å². The van der Waals surface area contributed by atoms with Crippen molar-refractivity contribution in [1.29, 1.82) is 0 Å². The number of phenols is 1. The van der Waals surface area contributed by atoms with Gasteiger partial charge in [0.15, 0.2) is 0 Å². The van der Waals surface area contributed by atoms with Crippen LogP contribution in [0.15, 0.2) is 77.7 Å². The van der Waals surface area contributed by atoms with E-state index >= 15 is 0 Å². The zero-order valence-corrected chi connectivity index (χ0v) is 20.7. The Labute approximate surface area is 208 Å². The van der Waals surface area contributed by atoms with Crippen molar-refractivity contribution in [3.05, 3.63) is 89.5 Å². The topological polar surface area (TPSA) is 32.7 Å². The van der Waals surface area contributed by atoms with E-state index in [9.17, 15) is 5.11 Å². The molecule has 2 unspecified atom stereocenters. The predicted molar refractivity (Wildman–Crippen MR) is 141 cm³/mol. The SMILES string of the molecule is Oc1ccc2c(c1)OCC(c1ccccc1)C2c1ccc(SCCCCCN2CCCC2)cc1. The summed E-state index contributed by atoms with van der Waals surface area (Å²) < 4.78 is 6.10. The van der Waals surface area contributed by atoms with Crippen LogP contribution in [0.1, 0.15) is 60.6 Å². The van der Waals surface area contributed by atoms with E-state index in [-0.39, 0.29) is 17.6 Å². The van der Waals surface area contributed by atoms with E-state index in [1.54, 1.807) is 12.1 Å². The van der Waals surface area contributed by atoms with Crippen LogP contribution in [0.3, 0.4) is 0 Å². The van der Waals surface area contributed by atoms with E-state index < -0.39 is 0 Å². The molecule has 0 bridgehead atoms. The molecule has 5 rings (SSSR count). The quantitative estimate of drug-likeness (QED) is 0.266. The van der Waals surface area contributed by atoms with E-state index in [1.807, 2.05) is 17.8 Å². The lowest BCUT2D eigenvalue weighted by Gasteiger charge is -2.34. The minimum absolute atomic E-state index is 0.205. The summed E-state index contributed by atoms with van der Waals surface area (Å²) in [6.45, 7) is 4.52. The summed E-state index contributed by atoms with van der Waals surface area (Å²) in [4.78, 5) is 3.96. The average molecular weight is 474 g/mol. The second-order valence-electron chi connectivity index (χ2n) is 9.55. The van der Waals surface area contributed by atoms with Gasteiger partial charge in [0.05, 0.1) is 6.61 Å². The number of ether oxygens (including phenoxy) is 1. The first-order chi connectivity index (χ1) is 16.8. The number of fused-ring (bicyclic) bond motifs is 1. The number of aromatic hydroxyl groups is 1. The monoisotopic (exact) mass is 473 g/mol. The van der Waals surface area contributed by atoms with Gasteiger partial charge in [-0.2, -0.15) is 0 Å². The Morgan fingerprint density at radius 3 is 2.44 bits per heavy atom. The first-order valence-corrected chi connectivity index (χ1v) is 13.7. The van der Waals surface area contributed by atoms with Crippen LogP contribution in [-0.4, -0.2) is 42.0 Å². The summed E-state index contributed by atoms with van der Waals surface area (Å²) in [6, 6.07) is 25.3. The number of thioether (sulfide) groups is 1. The molecule has 1 fully saturated rings. The Bertz CT molecular complexity index is 1050. The van der Waals surface area contributed by atoms with Crippen LogP contribution < -0.4 is 4.74 Å². The van der Waals surface area contributed by atoms with Gasteiger partial charge in [0, 0.05) is 28.4 Å². The zero-order chi connectivity index (χ0) is 23.2. The summed E-state index contributed by atoms with van der Waals surface area (Å²) in [7, 11) is 0. The summed E-state index contributed by atoms with van der Waals surface area (Å²) in [5.74, 6) is 2.68. The molecule has 3 aromatic carbocycles. The lowest BCUT2D eigenvalue weighted by Crippen LogP contribution is -2.25. The molecule has 0 aliphatic carbocycles. The number of nitrogens with zero attached hydrogens (tertiary/aromatic N) is 1. The van der Waals surface area contributed by atoms with Crippen LogP contribution in [-0.2, 0) is 0 Å². The maximum atomic E-state index is 9.97. The Balaban J connectivity index is 1.24. The first kappa shape index (κ1) is 23.3. The highest BCUT2D eigenvalue weighted by Crippen LogP contribution is 2.47. The van der Waals surface area contributed by atoms with Gasteiger partial charge in [-0.05, 0) is 80.4 Å². The van der Waals surface area contributed by atoms with Gasteiger partial charge in [-0.1, -0.05) is 55.0 Å². The predicted octanol–water partition coefficient (Wildman–Crippen LogP) is 7.06. The normalized spacial score (nSPS) is 20.1. The van der Waals surface area contributed by atoms with E-state index in [2.05, 4.69) is 59.5 Å². The Morgan fingerprint density at radius 2 is 1.65 bits per heavy atom. The molecule has 0 saturated carbocycles. The molecule has 0 radical (unpaired) electrons. The van der Waals surface area contributed by atoms with E-state index in [0.29, 0.717) is 6.61 Å². The summed E-state index contributed by atoms with van der Waals surface area (Å²) in [5.41, 5.74) is 3.74. The Hall–Kier alpha value is -2.43. The van der Waals surface area contributed by atoms with Crippen LogP contribution in [0.25, 0.3) is 0 Å². The zero-order valence-electron chi connectivity index (χ0n) is 19.9. The lowest BCUT2D eigenvalue weighted by molar-refractivity contribution is 0.248. The van der Waals surface area contributed by atoms with E-state index in [4.69, 9.17) is 4.74 Å². The average Bonchev–Trinajstić information content (AvgIpc) is 3.40. The van der Waals surface area contributed by atoms with Gasteiger partial charge < -0.3 is 14.7 Å². The van der Waals surface area contributed by atoms with Crippen molar-refractivity contribution in [2.24, 2.45) is 0 Å². The third kappa shape index (κ3) is 5.61. The molecule has 1 N–H and O–H groups in total. The van der Waals surface area contributed by atoms with Crippen LogP contribution in [0.5, 0.6) is 11.5 Å². The van der Waals surface area contributed by atoms with Crippen molar-refractivity contribution < 1.29 is 9.84 Å². The highest BCUT2D eigenvalue weighted by Gasteiger charge is 2.33. The second-order valence-corrected chi connectivity index (χ2v) is 10.7. The molecule has 0 spiro atoms. The fraction of sp³-hybridized carbons (Fsp3) is 0.400. The van der Waals surface area contributed by atoms with Gasteiger partial charge in [0.2, 0.25) is 0 Å². The number of likely N-dealkylation sites (tertiary alicyclic amines) is 1. The van der Waals surface area contributed by atoms with Crippen LogP contribution >= 0.6 is 11.8 Å². The lowest BCUT2D eigenvalue weighted by atomic mass is 9.76. The fourth-order valence-corrected chi connectivity index (χ4v) is 6.29. The highest BCUT2D eigenvalue weighted by molar-refractivity contribution is 7.99. The third-order valence-corrected chi connectivity index (χ3v) is 8.30. The first-order valence-electron chi connectivity index (χ1n) is 12.7. The maximum Gasteiger partial charge on any atom is 0.126 e. The van der Waals surface area contributed by atoms with Crippen molar-refractivity contribution >= 4 is 11.8 Å². The molecule has 3 nitrogen and oxygen atoms in total. The molecule has 2 atom stereocenters. The molecule has 1 saturated heterocycles. The van der Waals surface area contributed by atoms with Gasteiger partial charge >= 0.3 is 0 Å². The van der Waals surface area contributed by atoms with Gasteiger partial charge in [-0.3, -0.25) is 0 Å². The molecular formula is C30H35NO2S. The molecular weight excluding hydrogens is 438 g/mol. The molecule has 2 aliphatic heterocycles. The van der Waals surface area contributed by atoms with Crippen molar-refractivity contribution in [3.63, 3.8) is 0 Å². The highest BCUT2D eigenvalue weighted by atomic mass is 32.2. The number of benzene rings is 3. The summed E-state index contributed by atoms with van der Waals surface area (Å²) in [6.07, 6.45) is 6.72. The van der Waals surface area contributed by atoms with Crippen LogP contribution in [0.4, 0.5) is 0 Å². The molecule has 3 aromatic rings. The molecule has 2 heterocycles. The minimum atomic E-state index is 0.205. The van der Waals surface area contributed by atoms with E-state index in [0.717, 1.165) is 11.3 Å². The third-order valence-electron chi connectivity index (χ3n) is 7.21. The molecule has 34 heavy (non-hydrogen) atoms. The molecule has 0 aromatic heterocycles. The standard InChI is InChI=1S/C30H35NO2S/c32-25-13-16-27-29(21-25)33-22-28(23-9-3-1-4-10-23)30(27)24-11-14-26(15-12-24)34-20-8-2-5-17-31-18-6-7-19-31/h1,3-4,9-16,21,28,30,32H,2,5-8,17-20,22H2. The van der Waals surface area contributed by atoms with Crippen LogP contribution in [0, 0.1) is 0 Å². The summed E-state index contributed by atoms with van der Waals surface area (Å²) in [5, 5.41) is 9.97. The smallest absolute Gasteiger partial charge is 0.126 e. The Morgan fingerprint density at radius 1 is 0.853 bits per heavy atom. The number of rotatable bonds is 9. The van der Waals surface area contributed by atoms with Crippen molar-refractivity contribution in [2.45, 2.75) is 48.8 Å². The fourth-order valence-electron chi connectivity index (χ4n) is 5.38. The number of phenolic OH excluding ortho intramolecular Hbond substituents is 1. The minimum Gasteiger partial charge on any atom is -0.508 e. The number of hydrogen-bond donors (Lipinski definition) is 1. The number of hydrogen-bond acceptors (Lipinski definition) is 4. The van der Waals surface area contributed by atoms with Gasteiger partial charge in [0.25, 0.3) is 0 Å². The molecule has 2 aliphatic rings. The Kier molecular flexibility index (Phi) is 7.77. The van der Waals surface area contributed by atoms with Gasteiger partial charge in [-0.25, -0.2) is 0 Å². The van der Waals surface area contributed by atoms with Gasteiger partial charge in [0.1, 0.15) is 11.5 Å².